The number of nitrogens with two attached hydrogens (primary N) is 1. The van der Waals surface area contributed by atoms with Crippen LogP contribution in [-0.2, 0) is 23.0 Å². The highest BCUT2D eigenvalue weighted by Crippen LogP contribution is 2.11. The molecule has 0 saturated heterocycles. The first-order valence-corrected chi connectivity index (χ1v) is 8.03. The number of aryl methyl sites for hydroxylation is 1. The third-order valence-corrected chi connectivity index (χ3v) is 4.48. The SMILES string of the molecule is CCc1ccc(CNS(=O)(=O)c2ccc(NN)nc2)cc1. The molecule has 0 saturated carbocycles. The van der Waals surface area contributed by atoms with Crippen molar-refractivity contribution in [3.8, 4) is 0 Å². The monoisotopic (exact) mass is 306 g/mol. The third-order valence-electron chi connectivity index (χ3n) is 3.09. The molecule has 0 spiro atoms. The van der Waals surface area contributed by atoms with Crippen molar-refractivity contribution in [3.63, 3.8) is 0 Å². The molecule has 0 amide bonds. The molecule has 1 aromatic heterocycles. The van der Waals surface area contributed by atoms with Crippen molar-refractivity contribution in [2.75, 3.05) is 5.43 Å². The average molecular weight is 306 g/mol. The highest BCUT2D eigenvalue weighted by atomic mass is 32.2. The van der Waals surface area contributed by atoms with Gasteiger partial charge in [-0.15, -0.1) is 0 Å². The lowest BCUT2D eigenvalue weighted by atomic mass is 10.1. The fraction of sp³-hybridized carbons (Fsp3) is 0.214. The molecule has 0 unspecified atom stereocenters. The van der Waals surface area contributed by atoms with Crippen LogP contribution in [0.3, 0.4) is 0 Å². The zero-order valence-electron chi connectivity index (χ0n) is 11.7. The Hall–Kier alpha value is -1.96. The maximum absolute atomic E-state index is 12.1. The maximum Gasteiger partial charge on any atom is 0.242 e. The number of aromatic nitrogens is 1. The summed E-state index contributed by atoms with van der Waals surface area (Å²) in [4.78, 5) is 3.99. The van der Waals surface area contributed by atoms with E-state index in [1.54, 1.807) is 0 Å². The number of nitrogens with one attached hydrogen (secondary N) is 2. The third kappa shape index (κ3) is 4.01. The van der Waals surface area contributed by atoms with Crippen LogP contribution in [0, 0.1) is 0 Å². The predicted octanol–water partition coefficient (Wildman–Crippen LogP) is 1.41. The largest absolute Gasteiger partial charge is 0.308 e. The summed E-state index contributed by atoms with van der Waals surface area (Å²) in [6.45, 7) is 2.31. The van der Waals surface area contributed by atoms with Crippen LogP contribution < -0.4 is 16.0 Å². The topological polar surface area (TPSA) is 97.1 Å². The molecule has 0 fully saturated rings. The van der Waals surface area contributed by atoms with Gasteiger partial charge in [0.05, 0.1) is 0 Å². The standard InChI is InChI=1S/C14H18N4O2S/c1-2-11-3-5-12(6-4-11)9-17-21(19,20)13-7-8-14(18-15)16-10-13/h3-8,10,17H,2,9,15H2,1H3,(H,16,18). The number of nitrogens with zero attached hydrogens (tertiary/aromatic N) is 1. The van der Waals surface area contributed by atoms with E-state index in [4.69, 9.17) is 5.84 Å². The quantitative estimate of drug-likeness (QED) is 0.554. The van der Waals surface area contributed by atoms with Gasteiger partial charge in [-0.05, 0) is 29.7 Å². The molecule has 2 rings (SSSR count). The number of rotatable bonds is 6. The first-order valence-electron chi connectivity index (χ1n) is 6.55. The molecule has 2 aromatic rings. The Morgan fingerprint density at radius 1 is 1.10 bits per heavy atom. The Balaban J connectivity index is 2.05. The molecule has 6 nitrogen and oxygen atoms in total. The molecule has 112 valence electrons. The van der Waals surface area contributed by atoms with Crippen LogP contribution in [0.25, 0.3) is 0 Å². The summed E-state index contributed by atoms with van der Waals surface area (Å²) in [6, 6.07) is 10.8. The smallest absolute Gasteiger partial charge is 0.242 e. The first kappa shape index (κ1) is 15.4. The lowest BCUT2D eigenvalue weighted by Crippen LogP contribution is -2.23. The van der Waals surface area contributed by atoms with Crippen LogP contribution in [0.15, 0.2) is 47.5 Å². The highest BCUT2D eigenvalue weighted by Gasteiger charge is 2.14. The average Bonchev–Trinajstić information content (AvgIpc) is 2.53. The molecule has 0 radical (unpaired) electrons. The predicted molar refractivity (Wildman–Crippen MR) is 81.9 cm³/mol. The van der Waals surface area contributed by atoms with E-state index in [-0.39, 0.29) is 11.4 Å². The van der Waals surface area contributed by atoms with Gasteiger partial charge in [-0.25, -0.2) is 24.0 Å². The van der Waals surface area contributed by atoms with Gasteiger partial charge >= 0.3 is 0 Å². The Bertz CT molecular complexity index is 682. The number of hydrogen-bond acceptors (Lipinski definition) is 5. The Kier molecular flexibility index (Phi) is 4.89. The molecule has 0 aliphatic heterocycles. The molecular weight excluding hydrogens is 288 g/mol. The number of sulfonamides is 1. The second-order valence-corrected chi connectivity index (χ2v) is 6.29. The fourth-order valence-corrected chi connectivity index (χ4v) is 2.74. The van der Waals surface area contributed by atoms with Gasteiger partial charge in [0.1, 0.15) is 10.7 Å². The number of benzene rings is 1. The summed E-state index contributed by atoms with van der Waals surface area (Å²) >= 11 is 0. The highest BCUT2D eigenvalue weighted by molar-refractivity contribution is 7.89. The van der Waals surface area contributed by atoms with E-state index in [9.17, 15) is 8.42 Å². The summed E-state index contributed by atoms with van der Waals surface area (Å²) < 4.78 is 26.8. The molecule has 1 aromatic carbocycles. The van der Waals surface area contributed by atoms with Crippen molar-refractivity contribution in [1.29, 1.82) is 0 Å². The Morgan fingerprint density at radius 3 is 2.29 bits per heavy atom. The van der Waals surface area contributed by atoms with Gasteiger partial charge < -0.3 is 5.43 Å². The summed E-state index contributed by atoms with van der Waals surface area (Å²) in [5.41, 5.74) is 4.47. The fourth-order valence-electron chi connectivity index (χ4n) is 1.78. The second-order valence-electron chi connectivity index (χ2n) is 4.52. The van der Waals surface area contributed by atoms with Gasteiger partial charge in [0.15, 0.2) is 0 Å². The summed E-state index contributed by atoms with van der Waals surface area (Å²) in [5, 5.41) is 0. The lowest BCUT2D eigenvalue weighted by molar-refractivity contribution is 0.581. The molecule has 1 heterocycles. The number of hydrazine groups is 1. The van der Waals surface area contributed by atoms with Gasteiger partial charge in [-0.1, -0.05) is 31.2 Å². The van der Waals surface area contributed by atoms with Gasteiger partial charge in [0.25, 0.3) is 0 Å². The van der Waals surface area contributed by atoms with Gasteiger partial charge in [0.2, 0.25) is 10.0 Å². The van der Waals surface area contributed by atoms with Crippen molar-refractivity contribution >= 4 is 15.8 Å². The normalized spacial score (nSPS) is 11.3. The molecule has 7 heteroatoms. The molecule has 21 heavy (non-hydrogen) atoms. The minimum Gasteiger partial charge on any atom is -0.308 e. The van der Waals surface area contributed by atoms with Crippen LogP contribution >= 0.6 is 0 Å². The molecule has 0 bridgehead atoms. The van der Waals surface area contributed by atoms with Gasteiger partial charge in [-0.2, -0.15) is 0 Å². The van der Waals surface area contributed by atoms with Crippen molar-refractivity contribution in [2.24, 2.45) is 5.84 Å². The second kappa shape index (κ2) is 6.66. The summed E-state index contributed by atoms with van der Waals surface area (Å²) in [6.07, 6.45) is 2.22. The summed E-state index contributed by atoms with van der Waals surface area (Å²) in [7, 11) is -3.58. The van der Waals surface area contributed by atoms with Crippen molar-refractivity contribution in [1.82, 2.24) is 9.71 Å². The lowest BCUT2D eigenvalue weighted by Gasteiger charge is -2.08. The van der Waals surface area contributed by atoms with Crippen molar-refractivity contribution in [3.05, 3.63) is 53.7 Å². The van der Waals surface area contributed by atoms with Crippen LogP contribution in [0.4, 0.5) is 5.82 Å². The Morgan fingerprint density at radius 2 is 1.76 bits per heavy atom. The maximum atomic E-state index is 12.1. The summed E-state index contributed by atoms with van der Waals surface area (Å²) in [5.74, 6) is 5.60. The molecule has 0 aliphatic rings. The van der Waals surface area contributed by atoms with Crippen LogP contribution in [0.5, 0.6) is 0 Å². The van der Waals surface area contributed by atoms with Crippen LogP contribution in [-0.4, -0.2) is 13.4 Å². The van der Waals surface area contributed by atoms with Crippen LogP contribution in [0.1, 0.15) is 18.1 Å². The van der Waals surface area contributed by atoms with Crippen LogP contribution in [0.2, 0.25) is 0 Å². The van der Waals surface area contributed by atoms with Gasteiger partial charge in [-0.3, -0.25) is 0 Å². The minimum absolute atomic E-state index is 0.103. The zero-order chi connectivity index (χ0) is 15.3. The van der Waals surface area contributed by atoms with E-state index in [2.05, 4.69) is 22.1 Å². The van der Waals surface area contributed by atoms with Crippen molar-refractivity contribution in [2.45, 2.75) is 24.8 Å². The number of anilines is 1. The Labute approximate surface area is 124 Å². The van der Waals surface area contributed by atoms with E-state index < -0.39 is 10.0 Å². The van der Waals surface area contributed by atoms with Crippen molar-refractivity contribution < 1.29 is 8.42 Å². The molecule has 0 aliphatic carbocycles. The number of hydrogen-bond donors (Lipinski definition) is 3. The number of nitrogen functional groups attached to an aromatic ring is 1. The van der Waals surface area contributed by atoms with E-state index in [1.165, 1.54) is 23.9 Å². The zero-order valence-corrected chi connectivity index (χ0v) is 12.5. The molecule has 0 atom stereocenters. The van der Waals surface area contributed by atoms with E-state index in [0.717, 1.165) is 12.0 Å². The number of pyridine rings is 1. The first-order chi connectivity index (χ1) is 10.0. The molecule has 4 N–H and O–H groups in total. The minimum atomic E-state index is -3.58. The van der Waals surface area contributed by atoms with Gasteiger partial charge in [0, 0.05) is 12.7 Å². The van der Waals surface area contributed by atoms with E-state index in [1.807, 2.05) is 24.3 Å². The van der Waals surface area contributed by atoms with E-state index in [0.29, 0.717) is 5.82 Å². The van der Waals surface area contributed by atoms with E-state index >= 15 is 0 Å². The molecular formula is C14H18N4O2S.